The lowest BCUT2D eigenvalue weighted by Crippen LogP contribution is -2.12. The number of para-hydroxylation sites is 1. The highest BCUT2D eigenvalue weighted by atomic mass is 28.3. The van der Waals surface area contributed by atoms with Crippen molar-refractivity contribution in [3.8, 4) is 5.75 Å². The normalized spacial score (nSPS) is 10.9. The van der Waals surface area contributed by atoms with Gasteiger partial charge < -0.3 is 13.6 Å². The predicted octanol–water partition coefficient (Wildman–Crippen LogP) is 2.30. The summed E-state index contributed by atoms with van der Waals surface area (Å²) in [4.78, 5) is 0. The molecule has 4 heteroatoms. The van der Waals surface area contributed by atoms with Gasteiger partial charge in [0.25, 0.3) is 0 Å². The first-order valence-electron chi connectivity index (χ1n) is 6.32. The van der Waals surface area contributed by atoms with Gasteiger partial charge in [0.05, 0.1) is 19.8 Å². The number of ether oxygens (including phenoxy) is 1. The van der Waals surface area contributed by atoms with E-state index in [2.05, 4.69) is 0 Å². The van der Waals surface area contributed by atoms with E-state index in [1.54, 1.807) is 0 Å². The minimum absolute atomic E-state index is 0.589. The van der Waals surface area contributed by atoms with Gasteiger partial charge in [-0.15, -0.1) is 0 Å². The van der Waals surface area contributed by atoms with Crippen LogP contribution in [0.2, 0.25) is 0 Å². The van der Waals surface area contributed by atoms with Gasteiger partial charge in [0, 0.05) is 0 Å². The number of benzene rings is 2. The lowest BCUT2D eigenvalue weighted by atomic mass is 10.2. The first-order chi connectivity index (χ1) is 9.45. The topological polar surface area (TPSA) is 27.7 Å². The van der Waals surface area contributed by atoms with E-state index in [9.17, 15) is 0 Å². The lowest BCUT2D eigenvalue weighted by molar-refractivity contribution is 0.0862. The smallest absolute Gasteiger partial charge is 0.366 e. The monoisotopic (exact) mass is 274 g/mol. The van der Waals surface area contributed by atoms with Gasteiger partial charge in [-0.05, 0) is 17.7 Å². The second-order valence-electron chi connectivity index (χ2n) is 4.02. The van der Waals surface area contributed by atoms with Crippen molar-refractivity contribution in [2.75, 3.05) is 13.2 Å². The van der Waals surface area contributed by atoms with E-state index in [0.29, 0.717) is 19.8 Å². The molecule has 2 aromatic carbocycles. The Kier molecular flexibility index (Phi) is 6.15. The Labute approximate surface area is 116 Å². The van der Waals surface area contributed by atoms with E-state index in [4.69, 9.17) is 13.6 Å². The van der Waals surface area contributed by atoms with Crippen molar-refractivity contribution in [3.63, 3.8) is 0 Å². The molecular weight excluding hydrogens is 256 g/mol. The summed E-state index contributed by atoms with van der Waals surface area (Å²) in [5.41, 5.74) is 1.18. The Morgan fingerprint density at radius 3 is 2.21 bits per heavy atom. The maximum absolute atomic E-state index is 5.53. The van der Waals surface area contributed by atoms with Gasteiger partial charge in [-0.25, -0.2) is 0 Å². The van der Waals surface area contributed by atoms with Crippen LogP contribution in [0.15, 0.2) is 60.7 Å². The molecular formula is C15H18O3Si. The average molecular weight is 274 g/mol. The molecule has 0 atom stereocenters. The molecule has 0 heterocycles. The van der Waals surface area contributed by atoms with Gasteiger partial charge in [0.2, 0.25) is 0 Å². The van der Waals surface area contributed by atoms with E-state index >= 15 is 0 Å². The van der Waals surface area contributed by atoms with Gasteiger partial charge in [0.15, 0.2) is 0 Å². The maximum atomic E-state index is 5.53. The molecule has 0 unspecified atom stereocenters. The summed E-state index contributed by atoms with van der Waals surface area (Å²) in [5, 5.41) is 0. The van der Waals surface area contributed by atoms with E-state index in [1.807, 2.05) is 60.7 Å². The predicted molar refractivity (Wildman–Crippen MR) is 77.7 cm³/mol. The molecule has 2 rings (SSSR count). The second kappa shape index (κ2) is 8.47. The third-order valence-corrected chi connectivity index (χ3v) is 3.44. The van der Waals surface area contributed by atoms with Crippen molar-refractivity contribution in [1.29, 1.82) is 0 Å². The van der Waals surface area contributed by atoms with Crippen molar-refractivity contribution in [2.24, 2.45) is 0 Å². The van der Waals surface area contributed by atoms with E-state index < -0.39 is 10.0 Å². The van der Waals surface area contributed by atoms with Crippen LogP contribution < -0.4 is 4.43 Å². The SMILES string of the molecule is c1ccc(COCCO[SiH2]Oc2ccccc2)cc1. The molecule has 0 aliphatic carbocycles. The second-order valence-corrected chi connectivity index (χ2v) is 4.95. The minimum atomic E-state index is -0.958. The van der Waals surface area contributed by atoms with Crippen LogP contribution in [-0.2, 0) is 15.8 Å². The van der Waals surface area contributed by atoms with E-state index in [-0.39, 0.29) is 0 Å². The Hall–Kier alpha value is -1.62. The largest absolute Gasteiger partial charge is 0.525 e. The highest BCUT2D eigenvalue weighted by Crippen LogP contribution is 2.07. The zero-order valence-corrected chi connectivity index (χ0v) is 12.2. The highest BCUT2D eigenvalue weighted by molar-refractivity contribution is 6.19. The molecule has 100 valence electrons. The Morgan fingerprint density at radius 1 is 0.789 bits per heavy atom. The third-order valence-electron chi connectivity index (χ3n) is 2.54. The molecule has 3 nitrogen and oxygen atoms in total. The summed E-state index contributed by atoms with van der Waals surface area (Å²) in [6.07, 6.45) is 0. The zero-order valence-electron chi connectivity index (χ0n) is 10.8. The molecule has 0 amide bonds. The molecule has 0 radical (unpaired) electrons. The quantitative estimate of drug-likeness (QED) is 0.546. The Balaban J connectivity index is 1.49. The van der Waals surface area contributed by atoms with Crippen LogP contribution in [0.4, 0.5) is 0 Å². The fourth-order valence-electron chi connectivity index (χ4n) is 1.57. The first kappa shape index (κ1) is 13.8. The van der Waals surface area contributed by atoms with Crippen molar-refractivity contribution >= 4 is 10.0 Å². The van der Waals surface area contributed by atoms with Crippen LogP contribution >= 0.6 is 0 Å². The number of hydrogen-bond donors (Lipinski definition) is 0. The fraction of sp³-hybridized carbons (Fsp3) is 0.200. The first-order valence-corrected chi connectivity index (χ1v) is 7.48. The van der Waals surface area contributed by atoms with E-state index in [0.717, 1.165) is 5.75 Å². The molecule has 0 aromatic heterocycles. The van der Waals surface area contributed by atoms with Crippen LogP contribution in [0.3, 0.4) is 0 Å². The summed E-state index contributed by atoms with van der Waals surface area (Å²) in [6.45, 7) is 1.82. The van der Waals surface area contributed by atoms with Crippen LogP contribution in [0.5, 0.6) is 5.75 Å². The number of hydrogen-bond acceptors (Lipinski definition) is 3. The molecule has 0 aliphatic rings. The zero-order chi connectivity index (χ0) is 13.2. The Bertz CT molecular complexity index is 404. The van der Waals surface area contributed by atoms with Crippen molar-refractivity contribution < 1.29 is 13.6 Å². The minimum Gasteiger partial charge on any atom is -0.525 e. The molecule has 0 fully saturated rings. The highest BCUT2D eigenvalue weighted by Gasteiger charge is 1.94. The van der Waals surface area contributed by atoms with E-state index in [1.165, 1.54) is 5.56 Å². The fourth-order valence-corrected chi connectivity index (χ4v) is 2.22. The van der Waals surface area contributed by atoms with Gasteiger partial charge in [-0.2, -0.15) is 0 Å². The molecule has 0 N–H and O–H groups in total. The maximum Gasteiger partial charge on any atom is 0.366 e. The lowest BCUT2D eigenvalue weighted by Gasteiger charge is -2.07. The summed E-state index contributed by atoms with van der Waals surface area (Å²) >= 11 is 0. The molecule has 0 saturated heterocycles. The van der Waals surface area contributed by atoms with Crippen molar-refractivity contribution in [3.05, 3.63) is 66.2 Å². The molecule has 2 aromatic rings. The van der Waals surface area contributed by atoms with Gasteiger partial charge >= 0.3 is 10.0 Å². The van der Waals surface area contributed by atoms with Crippen molar-refractivity contribution in [1.82, 2.24) is 0 Å². The van der Waals surface area contributed by atoms with Crippen LogP contribution in [0.1, 0.15) is 5.56 Å². The van der Waals surface area contributed by atoms with Gasteiger partial charge in [0.1, 0.15) is 5.75 Å². The molecule has 19 heavy (non-hydrogen) atoms. The van der Waals surface area contributed by atoms with Crippen LogP contribution in [0.25, 0.3) is 0 Å². The van der Waals surface area contributed by atoms with Crippen LogP contribution in [0, 0.1) is 0 Å². The molecule has 0 saturated carbocycles. The third kappa shape index (κ3) is 5.70. The average Bonchev–Trinajstić information content (AvgIpc) is 2.48. The van der Waals surface area contributed by atoms with Gasteiger partial charge in [-0.3, -0.25) is 0 Å². The molecule has 0 bridgehead atoms. The molecule has 0 aliphatic heterocycles. The summed E-state index contributed by atoms with van der Waals surface area (Å²) in [7, 11) is -0.958. The van der Waals surface area contributed by atoms with Crippen molar-refractivity contribution in [2.45, 2.75) is 6.61 Å². The Morgan fingerprint density at radius 2 is 1.47 bits per heavy atom. The number of rotatable bonds is 8. The summed E-state index contributed by atoms with van der Waals surface area (Å²) in [6, 6.07) is 19.9. The summed E-state index contributed by atoms with van der Waals surface area (Å²) < 4.78 is 16.5. The van der Waals surface area contributed by atoms with Crippen LogP contribution in [-0.4, -0.2) is 23.2 Å². The molecule has 0 spiro atoms. The van der Waals surface area contributed by atoms with Gasteiger partial charge in [-0.1, -0.05) is 48.5 Å². The summed E-state index contributed by atoms with van der Waals surface area (Å²) in [5.74, 6) is 0.874. The standard InChI is InChI=1S/C15H18O3Si/c1-3-7-14(8-4-1)13-16-11-12-17-19-18-15-9-5-2-6-10-15/h1-10H,11-13,19H2.